The minimum absolute atomic E-state index is 0.210. The predicted molar refractivity (Wildman–Crippen MR) is 87.3 cm³/mol. The number of aliphatic imine (C=N–C) groups is 1. The fourth-order valence-corrected chi connectivity index (χ4v) is 2.87. The predicted octanol–water partition coefficient (Wildman–Crippen LogP) is 3.12. The van der Waals surface area contributed by atoms with Gasteiger partial charge in [-0.2, -0.15) is 0 Å². The van der Waals surface area contributed by atoms with Crippen molar-refractivity contribution in [2.24, 2.45) is 4.99 Å². The number of esters is 1. The first kappa shape index (κ1) is 15.2. The monoisotopic (exact) mass is 307 g/mol. The number of carbonyl (C=O) groups is 2. The van der Waals surface area contributed by atoms with E-state index in [0.717, 1.165) is 17.4 Å². The van der Waals surface area contributed by atoms with Crippen molar-refractivity contribution in [3.05, 3.63) is 71.8 Å². The lowest BCUT2D eigenvalue weighted by molar-refractivity contribution is -0.139. The molecule has 0 fully saturated rings. The highest BCUT2D eigenvalue weighted by Crippen LogP contribution is 2.38. The highest BCUT2D eigenvalue weighted by molar-refractivity contribution is 6.08. The van der Waals surface area contributed by atoms with Crippen molar-refractivity contribution in [1.82, 2.24) is 0 Å². The molecular formula is C19H17NO3. The van der Waals surface area contributed by atoms with Crippen molar-refractivity contribution in [3.8, 4) is 0 Å². The van der Waals surface area contributed by atoms with Gasteiger partial charge in [0.25, 0.3) is 0 Å². The Balaban J connectivity index is 2.02. The van der Waals surface area contributed by atoms with Crippen molar-refractivity contribution < 1.29 is 14.3 Å². The molecule has 1 aliphatic rings. The number of hydrogen-bond donors (Lipinski definition) is 0. The van der Waals surface area contributed by atoms with Gasteiger partial charge < -0.3 is 9.53 Å². The van der Waals surface area contributed by atoms with Gasteiger partial charge in [-0.05, 0) is 24.6 Å². The van der Waals surface area contributed by atoms with Gasteiger partial charge in [0, 0.05) is 17.9 Å². The third-order valence-corrected chi connectivity index (χ3v) is 4.17. The Kier molecular flexibility index (Phi) is 4.06. The Hall–Kier alpha value is -2.75. The first-order valence-corrected chi connectivity index (χ1v) is 7.51. The summed E-state index contributed by atoms with van der Waals surface area (Å²) >= 11 is 0. The van der Waals surface area contributed by atoms with Crippen molar-refractivity contribution in [1.29, 1.82) is 0 Å². The van der Waals surface area contributed by atoms with E-state index in [1.807, 2.05) is 60.7 Å². The van der Waals surface area contributed by atoms with Crippen LogP contribution in [0.4, 0.5) is 0 Å². The molecule has 4 heteroatoms. The molecule has 0 radical (unpaired) electrons. The van der Waals surface area contributed by atoms with Crippen molar-refractivity contribution in [2.75, 3.05) is 0 Å². The first-order valence-electron chi connectivity index (χ1n) is 7.51. The van der Waals surface area contributed by atoms with Gasteiger partial charge in [0.2, 0.25) is 5.90 Å². The van der Waals surface area contributed by atoms with E-state index in [-0.39, 0.29) is 12.3 Å². The van der Waals surface area contributed by atoms with Crippen LogP contribution >= 0.6 is 0 Å². The van der Waals surface area contributed by atoms with Crippen LogP contribution in [0.15, 0.2) is 65.7 Å². The number of nitrogens with zero attached hydrogens (tertiary/aromatic N) is 1. The van der Waals surface area contributed by atoms with Gasteiger partial charge in [0.05, 0.1) is 0 Å². The molecule has 0 N–H and O–H groups in total. The molecule has 0 aromatic heterocycles. The van der Waals surface area contributed by atoms with Gasteiger partial charge in [-0.1, -0.05) is 48.5 Å². The van der Waals surface area contributed by atoms with Crippen LogP contribution in [0.1, 0.15) is 30.4 Å². The third kappa shape index (κ3) is 2.80. The minimum atomic E-state index is -1.10. The van der Waals surface area contributed by atoms with Crippen molar-refractivity contribution >= 4 is 18.2 Å². The van der Waals surface area contributed by atoms with Crippen LogP contribution in [0.2, 0.25) is 0 Å². The van der Waals surface area contributed by atoms with Crippen LogP contribution in [-0.2, 0) is 14.3 Å². The molecule has 0 spiro atoms. The zero-order valence-electron chi connectivity index (χ0n) is 12.8. The van der Waals surface area contributed by atoms with Crippen molar-refractivity contribution in [2.45, 2.75) is 24.8 Å². The molecule has 116 valence electrons. The van der Waals surface area contributed by atoms with E-state index >= 15 is 0 Å². The first-order chi connectivity index (χ1) is 11.1. The van der Waals surface area contributed by atoms with Crippen molar-refractivity contribution in [3.63, 3.8) is 0 Å². The fraction of sp³-hybridized carbons (Fsp3) is 0.211. The molecule has 3 rings (SSSR count). The molecule has 2 aromatic rings. The van der Waals surface area contributed by atoms with Gasteiger partial charge in [0.1, 0.15) is 6.29 Å². The number of carbonyl (C=O) groups excluding carboxylic acids is 2. The number of benzene rings is 2. The molecule has 1 aliphatic heterocycles. The molecular weight excluding hydrogens is 290 g/mol. The topological polar surface area (TPSA) is 55.7 Å². The van der Waals surface area contributed by atoms with Crippen LogP contribution in [0, 0.1) is 0 Å². The van der Waals surface area contributed by atoms with E-state index in [2.05, 4.69) is 4.99 Å². The number of rotatable bonds is 5. The van der Waals surface area contributed by atoms with Gasteiger partial charge in [-0.3, -0.25) is 0 Å². The molecule has 0 unspecified atom stereocenters. The minimum Gasteiger partial charge on any atom is -0.405 e. The summed E-state index contributed by atoms with van der Waals surface area (Å²) in [4.78, 5) is 28.2. The maximum absolute atomic E-state index is 12.5. The maximum Gasteiger partial charge on any atom is 0.341 e. The average molecular weight is 307 g/mol. The number of ether oxygens (including phenoxy) is 1. The Morgan fingerprint density at radius 2 is 1.70 bits per heavy atom. The van der Waals surface area contributed by atoms with Gasteiger partial charge in [-0.15, -0.1) is 0 Å². The van der Waals surface area contributed by atoms with Crippen LogP contribution in [0.5, 0.6) is 0 Å². The van der Waals surface area contributed by atoms with Gasteiger partial charge in [-0.25, -0.2) is 9.79 Å². The van der Waals surface area contributed by atoms with E-state index in [1.165, 1.54) is 0 Å². The second-order valence-electron chi connectivity index (χ2n) is 5.69. The van der Waals surface area contributed by atoms with Crippen LogP contribution in [-0.4, -0.2) is 23.7 Å². The normalized spacial score (nSPS) is 21.4. The Morgan fingerprint density at radius 3 is 2.30 bits per heavy atom. The number of hydrogen-bond acceptors (Lipinski definition) is 4. The molecule has 0 bridgehead atoms. The lowest BCUT2D eigenvalue weighted by atomic mass is 9.79. The molecule has 0 amide bonds. The molecule has 0 aliphatic carbocycles. The molecule has 0 saturated heterocycles. The fourth-order valence-electron chi connectivity index (χ4n) is 2.87. The zero-order valence-corrected chi connectivity index (χ0v) is 12.8. The van der Waals surface area contributed by atoms with Crippen LogP contribution < -0.4 is 0 Å². The largest absolute Gasteiger partial charge is 0.405 e. The summed E-state index contributed by atoms with van der Waals surface area (Å²) in [6.45, 7) is 1.73. The van der Waals surface area contributed by atoms with E-state index in [1.54, 1.807) is 6.92 Å². The van der Waals surface area contributed by atoms with Gasteiger partial charge >= 0.3 is 5.97 Å². The summed E-state index contributed by atoms with van der Waals surface area (Å²) in [6.07, 6.45) is 1.04. The average Bonchev–Trinajstić information content (AvgIpc) is 2.90. The molecule has 23 heavy (non-hydrogen) atoms. The zero-order chi connectivity index (χ0) is 16.3. The number of cyclic esters (lactones) is 1. The second-order valence-corrected chi connectivity index (χ2v) is 5.69. The second kappa shape index (κ2) is 6.16. The molecule has 2 atom stereocenters. The summed E-state index contributed by atoms with van der Waals surface area (Å²) in [5.41, 5.74) is 0.549. The van der Waals surface area contributed by atoms with Crippen LogP contribution in [0.3, 0.4) is 0 Å². The molecule has 2 aromatic carbocycles. The van der Waals surface area contributed by atoms with Gasteiger partial charge in [0.15, 0.2) is 5.54 Å². The Morgan fingerprint density at radius 1 is 1.09 bits per heavy atom. The molecule has 4 nitrogen and oxygen atoms in total. The smallest absolute Gasteiger partial charge is 0.341 e. The summed E-state index contributed by atoms with van der Waals surface area (Å²) in [7, 11) is 0. The lowest BCUT2D eigenvalue weighted by Crippen LogP contribution is -2.37. The van der Waals surface area contributed by atoms with E-state index < -0.39 is 11.5 Å². The highest BCUT2D eigenvalue weighted by Gasteiger charge is 2.48. The van der Waals surface area contributed by atoms with E-state index in [4.69, 9.17) is 4.74 Å². The SMILES string of the molecule is C[C@@]1([C@@H](CC=O)c2ccccc2)N=C(c2ccccc2)OC1=O. The Bertz CT molecular complexity index is 740. The summed E-state index contributed by atoms with van der Waals surface area (Å²) in [5.74, 6) is -0.466. The van der Waals surface area contributed by atoms with Crippen LogP contribution in [0.25, 0.3) is 0 Å². The maximum atomic E-state index is 12.5. The Labute approximate surface area is 134 Å². The molecule has 1 heterocycles. The van der Waals surface area contributed by atoms with E-state index in [9.17, 15) is 9.59 Å². The summed E-state index contributed by atoms with van der Waals surface area (Å²) in [6, 6.07) is 18.8. The standard InChI is InChI=1S/C19H17NO3/c1-19(16(12-13-21)14-8-4-2-5-9-14)18(22)23-17(20-19)15-10-6-3-7-11-15/h2-11,13,16H,12H2,1H3/t16-,19-/m0/s1. The highest BCUT2D eigenvalue weighted by atomic mass is 16.6. The summed E-state index contributed by atoms with van der Waals surface area (Å²) in [5, 5.41) is 0. The van der Waals surface area contributed by atoms with E-state index in [0.29, 0.717) is 5.90 Å². The summed E-state index contributed by atoms with van der Waals surface area (Å²) < 4.78 is 5.41. The number of aldehydes is 1. The third-order valence-electron chi connectivity index (χ3n) is 4.17. The molecule has 0 saturated carbocycles. The lowest BCUT2D eigenvalue weighted by Gasteiger charge is -2.26. The quantitative estimate of drug-likeness (QED) is 0.630.